The van der Waals surface area contributed by atoms with Gasteiger partial charge in [0.2, 0.25) is 0 Å². The topological polar surface area (TPSA) is 25.8 Å². The van der Waals surface area contributed by atoms with E-state index in [9.17, 15) is 0 Å². The number of nitrogens with two attached hydrogens (primary N) is 1. The maximum atomic E-state index is 5.16. The molecule has 2 N–H and O–H groups in total. The number of methoxy groups -OCH3 is 1. The molecule has 2 atom stereocenters. The van der Waals surface area contributed by atoms with E-state index in [1.807, 2.05) is 12.1 Å². The lowest BCUT2D eigenvalue weighted by Gasteiger charge is -2.09. The maximum Gasteiger partial charge on any atom is 0.118 e. The SMILES string of the molecule is COc1ccc(CC[NH2+][C@H]2CC[C@H](C)C2)cc1. The molecule has 1 fully saturated rings. The van der Waals surface area contributed by atoms with Crippen LogP contribution in [0.4, 0.5) is 0 Å². The molecule has 17 heavy (non-hydrogen) atoms. The fraction of sp³-hybridized carbons (Fsp3) is 0.600. The monoisotopic (exact) mass is 234 g/mol. The second kappa shape index (κ2) is 6.06. The van der Waals surface area contributed by atoms with Crippen molar-refractivity contribution >= 4 is 0 Å². The Labute approximate surface area is 104 Å². The first-order valence-electron chi connectivity index (χ1n) is 6.74. The van der Waals surface area contributed by atoms with E-state index in [2.05, 4.69) is 24.4 Å². The lowest BCUT2D eigenvalue weighted by atomic mass is 10.1. The van der Waals surface area contributed by atoms with Crippen LogP contribution in [0.25, 0.3) is 0 Å². The number of hydrogen-bond acceptors (Lipinski definition) is 1. The van der Waals surface area contributed by atoms with E-state index < -0.39 is 0 Å². The van der Waals surface area contributed by atoms with Crippen molar-refractivity contribution in [1.82, 2.24) is 0 Å². The first-order chi connectivity index (χ1) is 8.28. The predicted octanol–water partition coefficient (Wildman–Crippen LogP) is 1.99. The van der Waals surface area contributed by atoms with Gasteiger partial charge in [-0.25, -0.2) is 0 Å². The second-order valence-corrected chi connectivity index (χ2v) is 5.30. The highest BCUT2D eigenvalue weighted by Crippen LogP contribution is 2.22. The van der Waals surface area contributed by atoms with Crippen molar-refractivity contribution < 1.29 is 10.1 Å². The van der Waals surface area contributed by atoms with Crippen LogP contribution in [0.5, 0.6) is 5.75 Å². The summed E-state index contributed by atoms with van der Waals surface area (Å²) >= 11 is 0. The third-order valence-corrected chi connectivity index (χ3v) is 3.83. The summed E-state index contributed by atoms with van der Waals surface area (Å²) in [7, 11) is 1.71. The Balaban J connectivity index is 1.70. The zero-order valence-corrected chi connectivity index (χ0v) is 11.0. The summed E-state index contributed by atoms with van der Waals surface area (Å²) in [6.07, 6.45) is 5.39. The molecule has 1 aromatic carbocycles. The molecule has 0 amide bonds. The molecule has 2 rings (SSSR count). The van der Waals surface area contributed by atoms with Crippen molar-refractivity contribution in [3.63, 3.8) is 0 Å². The number of benzene rings is 1. The van der Waals surface area contributed by atoms with E-state index in [0.717, 1.165) is 24.1 Å². The van der Waals surface area contributed by atoms with E-state index in [-0.39, 0.29) is 0 Å². The fourth-order valence-electron chi connectivity index (χ4n) is 2.74. The Bertz CT molecular complexity index is 333. The molecule has 0 radical (unpaired) electrons. The van der Waals surface area contributed by atoms with Gasteiger partial charge in [0.1, 0.15) is 5.75 Å². The molecule has 1 saturated carbocycles. The summed E-state index contributed by atoms with van der Waals surface area (Å²) in [5, 5.41) is 2.54. The van der Waals surface area contributed by atoms with Crippen molar-refractivity contribution in [3.8, 4) is 5.75 Å². The van der Waals surface area contributed by atoms with Crippen molar-refractivity contribution in [2.75, 3.05) is 13.7 Å². The Morgan fingerprint density at radius 3 is 2.59 bits per heavy atom. The third kappa shape index (κ3) is 3.74. The molecule has 0 saturated heterocycles. The summed E-state index contributed by atoms with van der Waals surface area (Å²) in [6, 6.07) is 9.32. The molecule has 2 heteroatoms. The average molecular weight is 234 g/mol. The van der Waals surface area contributed by atoms with Gasteiger partial charge >= 0.3 is 0 Å². The number of quaternary nitrogens is 1. The van der Waals surface area contributed by atoms with E-state index >= 15 is 0 Å². The van der Waals surface area contributed by atoms with Gasteiger partial charge in [-0.2, -0.15) is 0 Å². The van der Waals surface area contributed by atoms with Crippen LogP contribution < -0.4 is 10.1 Å². The summed E-state index contributed by atoms with van der Waals surface area (Å²) in [6.45, 7) is 3.58. The number of rotatable bonds is 5. The Hall–Kier alpha value is -1.02. The molecule has 0 bridgehead atoms. The van der Waals surface area contributed by atoms with Gasteiger partial charge in [0, 0.05) is 12.8 Å². The Kier molecular flexibility index (Phi) is 4.43. The number of ether oxygens (including phenoxy) is 1. The minimum absolute atomic E-state index is 0.878. The molecule has 94 valence electrons. The normalized spacial score (nSPS) is 23.9. The van der Waals surface area contributed by atoms with Crippen LogP contribution in [0.2, 0.25) is 0 Å². The smallest absolute Gasteiger partial charge is 0.118 e. The average Bonchev–Trinajstić information content (AvgIpc) is 2.76. The van der Waals surface area contributed by atoms with E-state index in [1.165, 1.54) is 31.4 Å². The molecular formula is C15H24NO+. The minimum Gasteiger partial charge on any atom is -0.497 e. The highest BCUT2D eigenvalue weighted by atomic mass is 16.5. The van der Waals surface area contributed by atoms with Crippen molar-refractivity contribution in [3.05, 3.63) is 29.8 Å². The number of hydrogen-bond donors (Lipinski definition) is 1. The van der Waals surface area contributed by atoms with Crippen LogP contribution in [0.3, 0.4) is 0 Å². The highest BCUT2D eigenvalue weighted by molar-refractivity contribution is 5.27. The van der Waals surface area contributed by atoms with Gasteiger partial charge in [0.25, 0.3) is 0 Å². The zero-order valence-electron chi connectivity index (χ0n) is 11.0. The molecule has 2 nitrogen and oxygen atoms in total. The molecule has 0 heterocycles. The first-order valence-corrected chi connectivity index (χ1v) is 6.74. The van der Waals surface area contributed by atoms with Gasteiger partial charge in [-0.3, -0.25) is 0 Å². The lowest BCUT2D eigenvalue weighted by Crippen LogP contribution is -2.89. The van der Waals surface area contributed by atoms with Crippen LogP contribution in [0.1, 0.15) is 31.7 Å². The molecule has 0 spiro atoms. The predicted molar refractivity (Wildman–Crippen MR) is 70.3 cm³/mol. The largest absolute Gasteiger partial charge is 0.497 e. The zero-order chi connectivity index (χ0) is 12.1. The van der Waals surface area contributed by atoms with E-state index in [4.69, 9.17) is 4.74 Å². The van der Waals surface area contributed by atoms with Crippen molar-refractivity contribution in [1.29, 1.82) is 0 Å². The van der Waals surface area contributed by atoms with Crippen LogP contribution in [-0.2, 0) is 6.42 Å². The standard InChI is InChI=1S/C15H23NO/c1-12-3-6-14(11-12)16-10-9-13-4-7-15(17-2)8-5-13/h4-5,7-8,12,14,16H,3,6,9-11H2,1-2H3/p+1/t12-,14-/m0/s1. The van der Waals surface area contributed by atoms with Crippen molar-refractivity contribution in [2.24, 2.45) is 5.92 Å². The Morgan fingerprint density at radius 2 is 2.00 bits per heavy atom. The molecule has 0 aromatic heterocycles. The fourth-order valence-corrected chi connectivity index (χ4v) is 2.74. The summed E-state index contributed by atoms with van der Waals surface area (Å²) in [5.41, 5.74) is 1.41. The van der Waals surface area contributed by atoms with Gasteiger partial charge in [-0.15, -0.1) is 0 Å². The van der Waals surface area contributed by atoms with Crippen molar-refractivity contribution in [2.45, 2.75) is 38.6 Å². The minimum atomic E-state index is 0.878. The van der Waals surface area contributed by atoms with Crippen LogP contribution in [-0.4, -0.2) is 19.7 Å². The molecule has 1 aliphatic carbocycles. The van der Waals surface area contributed by atoms with Crippen LogP contribution >= 0.6 is 0 Å². The van der Waals surface area contributed by atoms with Crippen LogP contribution in [0.15, 0.2) is 24.3 Å². The first kappa shape index (κ1) is 12.4. The molecular weight excluding hydrogens is 210 g/mol. The molecule has 1 aliphatic rings. The maximum absolute atomic E-state index is 5.16. The van der Waals surface area contributed by atoms with Gasteiger partial charge in [-0.05, 0) is 36.5 Å². The summed E-state index contributed by atoms with van der Waals surface area (Å²) in [4.78, 5) is 0. The Morgan fingerprint density at radius 1 is 1.24 bits per heavy atom. The van der Waals surface area contributed by atoms with E-state index in [0.29, 0.717) is 0 Å². The highest BCUT2D eigenvalue weighted by Gasteiger charge is 2.23. The third-order valence-electron chi connectivity index (χ3n) is 3.83. The van der Waals surface area contributed by atoms with E-state index in [1.54, 1.807) is 7.11 Å². The molecule has 1 aromatic rings. The molecule has 0 unspecified atom stereocenters. The summed E-state index contributed by atoms with van der Waals surface area (Å²) < 4.78 is 5.16. The second-order valence-electron chi connectivity index (χ2n) is 5.30. The molecule has 0 aliphatic heterocycles. The van der Waals surface area contributed by atoms with Crippen LogP contribution in [0, 0.1) is 5.92 Å². The quantitative estimate of drug-likeness (QED) is 0.828. The van der Waals surface area contributed by atoms with Gasteiger partial charge < -0.3 is 10.1 Å². The lowest BCUT2D eigenvalue weighted by molar-refractivity contribution is -0.687. The van der Waals surface area contributed by atoms with Gasteiger partial charge in [-0.1, -0.05) is 19.1 Å². The van der Waals surface area contributed by atoms with Gasteiger partial charge in [0.15, 0.2) is 0 Å². The summed E-state index contributed by atoms with van der Waals surface area (Å²) in [5.74, 6) is 1.89. The van der Waals surface area contributed by atoms with Gasteiger partial charge in [0.05, 0.1) is 19.7 Å².